The Morgan fingerprint density at radius 2 is 2.00 bits per heavy atom. The Labute approximate surface area is 124 Å². The minimum Gasteiger partial charge on any atom is -0.395 e. The van der Waals surface area contributed by atoms with Crippen molar-refractivity contribution in [1.29, 1.82) is 0 Å². The third-order valence-electron chi connectivity index (χ3n) is 4.30. The molecular weight excluding hydrogens is 270 g/mol. The van der Waals surface area contributed by atoms with E-state index < -0.39 is 0 Å². The van der Waals surface area contributed by atoms with E-state index in [1.165, 1.54) is 36.1 Å². The lowest BCUT2D eigenvalue weighted by molar-refractivity contribution is 0.0712. The van der Waals surface area contributed by atoms with E-state index in [4.69, 9.17) is 5.11 Å². The lowest BCUT2D eigenvalue weighted by Gasteiger charge is -2.20. The fourth-order valence-electron chi connectivity index (χ4n) is 3.04. The largest absolute Gasteiger partial charge is 0.395 e. The number of hydrogen-bond donors (Lipinski definition) is 1. The molecule has 4 heteroatoms. The van der Waals surface area contributed by atoms with Gasteiger partial charge < -0.3 is 10.0 Å². The number of aliphatic hydroxyl groups is 1. The SMILES string of the molecule is O=C(c1cc2c(s1)CCCCCC2)N(CCO)C1CC1. The van der Waals surface area contributed by atoms with Gasteiger partial charge in [-0.1, -0.05) is 12.8 Å². The summed E-state index contributed by atoms with van der Waals surface area (Å²) in [5.74, 6) is 0.137. The Kier molecular flexibility index (Phi) is 4.41. The number of aryl methyl sites for hydroxylation is 2. The van der Waals surface area contributed by atoms with E-state index in [-0.39, 0.29) is 12.5 Å². The van der Waals surface area contributed by atoms with Gasteiger partial charge in [0, 0.05) is 17.5 Å². The standard InChI is InChI=1S/C16H23NO2S/c18-10-9-17(13-7-8-13)16(19)15-11-12-5-3-1-2-4-6-14(12)20-15/h11,13,18H,1-10H2. The number of carbonyl (C=O) groups is 1. The van der Waals surface area contributed by atoms with Gasteiger partial charge in [-0.05, 0) is 50.2 Å². The fourth-order valence-corrected chi connectivity index (χ4v) is 4.24. The van der Waals surface area contributed by atoms with Crippen molar-refractivity contribution in [2.24, 2.45) is 0 Å². The first-order valence-electron chi connectivity index (χ1n) is 7.83. The number of thiophene rings is 1. The van der Waals surface area contributed by atoms with Gasteiger partial charge in [0.2, 0.25) is 0 Å². The molecule has 3 rings (SSSR count). The molecule has 0 saturated heterocycles. The Bertz CT molecular complexity index is 453. The molecule has 0 unspecified atom stereocenters. The van der Waals surface area contributed by atoms with Gasteiger partial charge >= 0.3 is 0 Å². The number of nitrogens with zero attached hydrogens (tertiary/aromatic N) is 1. The average Bonchev–Trinajstić information content (AvgIpc) is 3.18. The lowest BCUT2D eigenvalue weighted by atomic mass is 10.00. The highest BCUT2D eigenvalue weighted by atomic mass is 32.1. The molecule has 110 valence electrons. The fraction of sp³-hybridized carbons (Fsp3) is 0.688. The van der Waals surface area contributed by atoms with Gasteiger partial charge in [-0.25, -0.2) is 0 Å². The van der Waals surface area contributed by atoms with Gasteiger partial charge in [0.1, 0.15) is 0 Å². The van der Waals surface area contributed by atoms with Crippen LogP contribution in [0.15, 0.2) is 6.07 Å². The second-order valence-electron chi connectivity index (χ2n) is 5.93. The number of carbonyl (C=O) groups excluding carboxylic acids is 1. The maximum absolute atomic E-state index is 12.6. The van der Waals surface area contributed by atoms with E-state index in [0.29, 0.717) is 12.6 Å². The summed E-state index contributed by atoms with van der Waals surface area (Å²) in [7, 11) is 0. The number of amides is 1. The lowest BCUT2D eigenvalue weighted by Crippen LogP contribution is -2.35. The van der Waals surface area contributed by atoms with Crippen molar-refractivity contribution in [3.8, 4) is 0 Å². The summed E-state index contributed by atoms with van der Waals surface area (Å²) in [6.45, 7) is 0.541. The van der Waals surface area contributed by atoms with Crippen molar-refractivity contribution in [2.45, 2.75) is 57.4 Å². The minimum absolute atomic E-state index is 0.0628. The molecule has 1 saturated carbocycles. The average molecular weight is 293 g/mol. The van der Waals surface area contributed by atoms with Crippen molar-refractivity contribution < 1.29 is 9.90 Å². The molecular formula is C16H23NO2S. The van der Waals surface area contributed by atoms with Crippen molar-refractivity contribution in [1.82, 2.24) is 4.90 Å². The first kappa shape index (κ1) is 14.1. The maximum atomic E-state index is 12.6. The third kappa shape index (κ3) is 3.07. The predicted molar refractivity (Wildman–Crippen MR) is 81.3 cm³/mol. The van der Waals surface area contributed by atoms with Crippen LogP contribution in [0.4, 0.5) is 0 Å². The third-order valence-corrected chi connectivity index (χ3v) is 5.52. The van der Waals surface area contributed by atoms with Crippen LogP contribution in [0.25, 0.3) is 0 Å². The molecule has 0 atom stereocenters. The van der Waals surface area contributed by atoms with E-state index in [9.17, 15) is 4.79 Å². The van der Waals surface area contributed by atoms with Crippen molar-refractivity contribution in [3.05, 3.63) is 21.4 Å². The van der Waals surface area contributed by atoms with Crippen LogP contribution >= 0.6 is 11.3 Å². The normalized spacial score (nSPS) is 19.1. The van der Waals surface area contributed by atoms with Crippen LogP contribution in [0, 0.1) is 0 Å². The molecule has 1 aromatic heterocycles. The molecule has 0 aromatic carbocycles. The van der Waals surface area contributed by atoms with Crippen molar-refractivity contribution >= 4 is 17.2 Å². The van der Waals surface area contributed by atoms with Crippen LogP contribution in [-0.4, -0.2) is 35.1 Å². The van der Waals surface area contributed by atoms with Gasteiger partial charge in [-0.3, -0.25) is 4.79 Å². The molecule has 1 amide bonds. The smallest absolute Gasteiger partial charge is 0.264 e. The quantitative estimate of drug-likeness (QED) is 0.927. The molecule has 1 N–H and O–H groups in total. The summed E-state index contributed by atoms with van der Waals surface area (Å²) in [6, 6.07) is 2.50. The first-order valence-corrected chi connectivity index (χ1v) is 8.64. The van der Waals surface area contributed by atoms with Crippen LogP contribution in [0.3, 0.4) is 0 Å². The molecule has 0 bridgehead atoms. The molecule has 2 aliphatic carbocycles. The monoisotopic (exact) mass is 293 g/mol. The predicted octanol–water partition coefficient (Wildman–Crippen LogP) is 3.00. The van der Waals surface area contributed by atoms with E-state index in [1.54, 1.807) is 11.3 Å². The van der Waals surface area contributed by atoms with Crippen LogP contribution in [0.2, 0.25) is 0 Å². The molecule has 0 radical (unpaired) electrons. The zero-order valence-corrected chi connectivity index (χ0v) is 12.8. The Morgan fingerprint density at radius 3 is 2.70 bits per heavy atom. The molecule has 1 fully saturated rings. The number of fused-ring (bicyclic) bond motifs is 1. The summed E-state index contributed by atoms with van der Waals surface area (Å²) >= 11 is 1.69. The van der Waals surface area contributed by atoms with Crippen molar-refractivity contribution in [2.75, 3.05) is 13.2 Å². The summed E-state index contributed by atoms with van der Waals surface area (Å²) in [5.41, 5.74) is 1.40. The van der Waals surface area contributed by atoms with Gasteiger partial charge in [-0.15, -0.1) is 11.3 Å². The van der Waals surface area contributed by atoms with E-state index in [2.05, 4.69) is 6.07 Å². The van der Waals surface area contributed by atoms with E-state index in [0.717, 1.165) is 30.6 Å². The van der Waals surface area contributed by atoms with Crippen molar-refractivity contribution in [3.63, 3.8) is 0 Å². The number of hydrogen-bond acceptors (Lipinski definition) is 3. The van der Waals surface area contributed by atoms with Crippen LogP contribution in [0.5, 0.6) is 0 Å². The molecule has 20 heavy (non-hydrogen) atoms. The Hall–Kier alpha value is -0.870. The molecule has 1 aromatic rings. The molecule has 2 aliphatic rings. The van der Waals surface area contributed by atoms with Gasteiger partial charge in [0.15, 0.2) is 0 Å². The van der Waals surface area contributed by atoms with E-state index >= 15 is 0 Å². The molecule has 0 aliphatic heterocycles. The maximum Gasteiger partial charge on any atom is 0.264 e. The zero-order chi connectivity index (χ0) is 13.9. The second-order valence-corrected chi connectivity index (χ2v) is 7.06. The summed E-state index contributed by atoms with van der Waals surface area (Å²) in [5, 5.41) is 9.16. The highest BCUT2D eigenvalue weighted by molar-refractivity contribution is 7.14. The highest BCUT2D eigenvalue weighted by Gasteiger charge is 2.33. The topological polar surface area (TPSA) is 40.5 Å². The Balaban J connectivity index is 1.78. The summed E-state index contributed by atoms with van der Waals surface area (Å²) < 4.78 is 0. The Morgan fingerprint density at radius 1 is 1.25 bits per heavy atom. The molecule has 1 heterocycles. The molecule has 3 nitrogen and oxygen atoms in total. The van der Waals surface area contributed by atoms with E-state index in [1.807, 2.05) is 4.90 Å². The first-order chi connectivity index (χ1) is 9.79. The van der Waals surface area contributed by atoms with Crippen LogP contribution < -0.4 is 0 Å². The van der Waals surface area contributed by atoms with Crippen LogP contribution in [-0.2, 0) is 12.8 Å². The summed E-state index contributed by atoms with van der Waals surface area (Å²) in [6.07, 6.45) is 9.59. The van der Waals surface area contributed by atoms with Gasteiger partial charge in [-0.2, -0.15) is 0 Å². The van der Waals surface area contributed by atoms with Gasteiger partial charge in [0.25, 0.3) is 5.91 Å². The minimum atomic E-state index is 0.0628. The zero-order valence-electron chi connectivity index (χ0n) is 11.9. The molecule has 0 spiro atoms. The van der Waals surface area contributed by atoms with Gasteiger partial charge in [0.05, 0.1) is 11.5 Å². The number of rotatable bonds is 4. The second kappa shape index (κ2) is 6.27. The summed E-state index contributed by atoms with van der Waals surface area (Å²) in [4.78, 5) is 16.8. The highest BCUT2D eigenvalue weighted by Crippen LogP contribution is 2.32. The number of aliphatic hydroxyl groups excluding tert-OH is 1. The van der Waals surface area contributed by atoms with Crippen LogP contribution in [0.1, 0.15) is 58.6 Å².